The monoisotopic (exact) mass is 296 g/mol. The van der Waals surface area contributed by atoms with E-state index in [1.54, 1.807) is 0 Å². The predicted octanol–water partition coefficient (Wildman–Crippen LogP) is 0.646. The minimum Gasteiger partial charge on any atom is -0.368 e. The number of carbonyl (C=O) groups excluding carboxylic acids is 1. The maximum Gasteiger partial charge on any atom is 0.238 e. The Bertz CT molecular complexity index is 352. The van der Waals surface area contributed by atoms with Crippen molar-refractivity contribution in [3.8, 4) is 0 Å². The smallest absolute Gasteiger partial charge is 0.238 e. The van der Waals surface area contributed by atoms with Gasteiger partial charge in [0.2, 0.25) is 5.91 Å². The Balaban J connectivity index is 1.82. The first-order chi connectivity index (χ1) is 9.99. The van der Waals surface area contributed by atoms with Crippen molar-refractivity contribution >= 4 is 5.91 Å². The maximum absolute atomic E-state index is 11.9. The zero-order valence-corrected chi connectivity index (χ0v) is 13.9. The van der Waals surface area contributed by atoms with E-state index in [-0.39, 0.29) is 5.91 Å². The van der Waals surface area contributed by atoms with Gasteiger partial charge in [-0.1, -0.05) is 6.42 Å². The molecule has 0 aromatic rings. The molecule has 1 heterocycles. The van der Waals surface area contributed by atoms with E-state index in [0.717, 1.165) is 38.3 Å². The van der Waals surface area contributed by atoms with Gasteiger partial charge in [0.15, 0.2) is 0 Å². The van der Waals surface area contributed by atoms with Gasteiger partial charge in [0.1, 0.15) is 5.54 Å². The molecule has 1 aliphatic heterocycles. The lowest BCUT2D eigenvalue weighted by atomic mass is 9.83. The number of nitrogens with two attached hydrogens (primary N) is 1. The van der Waals surface area contributed by atoms with E-state index in [0.29, 0.717) is 5.92 Å². The average Bonchev–Trinajstić information content (AvgIpc) is 2.89. The van der Waals surface area contributed by atoms with Gasteiger partial charge >= 0.3 is 0 Å². The highest BCUT2D eigenvalue weighted by molar-refractivity contribution is 5.85. The summed E-state index contributed by atoms with van der Waals surface area (Å²) in [7, 11) is 6.23. The minimum absolute atomic E-state index is 0.168. The third-order valence-corrected chi connectivity index (χ3v) is 5.79. The summed E-state index contributed by atoms with van der Waals surface area (Å²) in [5.74, 6) is 0.227. The fourth-order valence-electron chi connectivity index (χ4n) is 4.24. The summed E-state index contributed by atoms with van der Waals surface area (Å²) in [6.07, 6.45) is 6.72. The number of rotatable bonds is 6. The van der Waals surface area contributed by atoms with Crippen LogP contribution in [0.5, 0.6) is 0 Å². The topological polar surface area (TPSA) is 61.6 Å². The van der Waals surface area contributed by atoms with E-state index in [2.05, 4.69) is 29.2 Å². The van der Waals surface area contributed by atoms with Crippen LogP contribution in [0.2, 0.25) is 0 Å². The number of nitrogens with zero attached hydrogens (tertiary/aromatic N) is 2. The van der Waals surface area contributed by atoms with Crippen molar-refractivity contribution < 1.29 is 4.79 Å². The van der Waals surface area contributed by atoms with Crippen LogP contribution in [0, 0.1) is 5.92 Å². The van der Waals surface area contributed by atoms with Crippen molar-refractivity contribution in [1.29, 1.82) is 0 Å². The first-order valence-electron chi connectivity index (χ1n) is 8.37. The number of hydrogen-bond donors (Lipinski definition) is 2. The zero-order chi connectivity index (χ0) is 15.5. The Kier molecular flexibility index (Phi) is 5.63. The summed E-state index contributed by atoms with van der Waals surface area (Å²) in [5.41, 5.74) is 5.22. The molecular weight excluding hydrogens is 264 g/mol. The largest absolute Gasteiger partial charge is 0.368 e. The van der Waals surface area contributed by atoms with Crippen molar-refractivity contribution in [1.82, 2.24) is 15.1 Å². The Morgan fingerprint density at radius 3 is 2.52 bits per heavy atom. The lowest BCUT2D eigenvalue weighted by molar-refractivity contribution is -0.125. The van der Waals surface area contributed by atoms with E-state index in [9.17, 15) is 4.79 Å². The molecule has 0 aromatic carbocycles. The number of likely N-dealkylation sites (N-methyl/N-ethyl adjacent to an activating group) is 1. The third kappa shape index (κ3) is 3.58. The van der Waals surface area contributed by atoms with E-state index < -0.39 is 5.54 Å². The summed E-state index contributed by atoms with van der Waals surface area (Å²) in [6, 6.07) is 0.731. The van der Waals surface area contributed by atoms with E-state index in [1.165, 1.54) is 25.9 Å². The summed E-state index contributed by atoms with van der Waals surface area (Å²) in [5, 5.41) is 3.24. The highest BCUT2D eigenvalue weighted by atomic mass is 16.1. The molecule has 3 N–H and O–H groups in total. The van der Waals surface area contributed by atoms with Crippen LogP contribution in [-0.4, -0.2) is 68.1 Å². The minimum atomic E-state index is -0.456. The second-order valence-electron chi connectivity index (χ2n) is 7.00. The van der Waals surface area contributed by atoms with Gasteiger partial charge in [-0.05, 0) is 78.8 Å². The van der Waals surface area contributed by atoms with Crippen molar-refractivity contribution in [3.05, 3.63) is 0 Å². The van der Waals surface area contributed by atoms with Crippen molar-refractivity contribution in [2.45, 2.75) is 50.1 Å². The Morgan fingerprint density at radius 1 is 1.33 bits per heavy atom. The molecule has 1 amide bonds. The van der Waals surface area contributed by atoms with Gasteiger partial charge in [-0.25, -0.2) is 0 Å². The molecule has 0 bridgehead atoms. The van der Waals surface area contributed by atoms with Crippen LogP contribution in [0.15, 0.2) is 0 Å². The van der Waals surface area contributed by atoms with Crippen LogP contribution in [0.4, 0.5) is 0 Å². The fraction of sp³-hybridized carbons (Fsp3) is 0.938. The Labute approximate surface area is 129 Å². The van der Waals surface area contributed by atoms with E-state index in [4.69, 9.17) is 5.73 Å². The molecule has 1 saturated heterocycles. The van der Waals surface area contributed by atoms with Crippen molar-refractivity contribution in [3.63, 3.8) is 0 Å². The molecule has 5 heteroatoms. The highest BCUT2D eigenvalue weighted by Crippen LogP contribution is 2.37. The number of amides is 1. The first kappa shape index (κ1) is 16.7. The lowest BCUT2D eigenvalue weighted by Crippen LogP contribution is -2.57. The number of primary amides is 1. The van der Waals surface area contributed by atoms with Crippen LogP contribution < -0.4 is 11.1 Å². The molecule has 1 aliphatic carbocycles. The average molecular weight is 296 g/mol. The summed E-state index contributed by atoms with van der Waals surface area (Å²) >= 11 is 0. The van der Waals surface area contributed by atoms with Gasteiger partial charge in [-0.3, -0.25) is 4.79 Å². The second-order valence-corrected chi connectivity index (χ2v) is 7.00. The molecule has 0 aromatic heterocycles. The molecular formula is C16H32N4O. The number of hydrogen-bond acceptors (Lipinski definition) is 4. The quantitative estimate of drug-likeness (QED) is 0.755. The Morgan fingerprint density at radius 2 is 2.00 bits per heavy atom. The van der Waals surface area contributed by atoms with E-state index in [1.807, 2.05) is 7.05 Å². The molecule has 122 valence electrons. The zero-order valence-electron chi connectivity index (χ0n) is 13.9. The summed E-state index contributed by atoms with van der Waals surface area (Å²) in [4.78, 5) is 16.8. The normalized spacial score (nSPS) is 31.9. The van der Waals surface area contributed by atoms with Gasteiger partial charge in [0.05, 0.1) is 0 Å². The van der Waals surface area contributed by atoms with Crippen molar-refractivity contribution in [2.24, 2.45) is 11.7 Å². The molecule has 5 nitrogen and oxygen atoms in total. The van der Waals surface area contributed by atoms with Crippen LogP contribution >= 0.6 is 0 Å². The molecule has 1 saturated carbocycles. The van der Waals surface area contributed by atoms with Gasteiger partial charge in [-0.2, -0.15) is 0 Å². The summed E-state index contributed by atoms with van der Waals surface area (Å²) in [6.45, 7) is 3.46. The molecule has 0 radical (unpaired) electrons. The molecule has 0 spiro atoms. The molecule has 2 aliphatic rings. The van der Waals surface area contributed by atoms with Gasteiger partial charge in [0, 0.05) is 6.04 Å². The number of likely N-dealkylation sites (tertiary alicyclic amines) is 1. The molecule has 21 heavy (non-hydrogen) atoms. The van der Waals surface area contributed by atoms with Crippen LogP contribution in [-0.2, 0) is 4.79 Å². The van der Waals surface area contributed by atoms with Gasteiger partial charge < -0.3 is 20.9 Å². The molecule has 2 atom stereocenters. The fourth-order valence-corrected chi connectivity index (χ4v) is 4.24. The predicted molar refractivity (Wildman–Crippen MR) is 86.1 cm³/mol. The SMILES string of the molecule is CNC1(C(N)=O)CCCC1CCN1CCC(N(C)C)CC1. The van der Waals surface area contributed by atoms with Crippen LogP contribution in [0.25, 0.3) is 0 Å². The lowest BCUT2D eigenvalue weighted by Gasteiger charge is -2.37. The third-order valence-electron chi connectivity index (χ3n) is 5.79. The second kappa shape index (κ2) is 7.07. The van der Waals surface area contributed by atoms with Gasteiger partial charge in [0.25, 0.3) is 0 Å². The van der Waals surface area contributed by atoms with Crippen molar-refractivity contribution in [2.75, 3.05) is 40.8 Å². The standard InChI is InChI=1S/C16H32N4O/c1-18-16(15(17)21)9-4-5-13(16)6-10-20-11-7-14(8-12-20)19(2)3/h13-14,18H,4-12H2,1-3H3,(H2,17,21). The molecule has 2 fully saturated rings. The summed E-state index contributed by atoms with van der Waals surface area (Å²) < 4.78 is 0. The van der Waals surface area contributed by atoms with E-state index >= 15 is 0 Å². The first-order valence-corrected chi connectivity index (χ1v) is 8.37. The molecule has 2 rings (SSSR count). The van der Waals surface area contributed by atoms with Gasteiger partial charge in [-0.15, -0.1) is 0 Å². The highest BCUT2D eigenvalue weighted by Gasteiger charge is 2.46. The van der Waals surface area contributed by atoms with Crippen LogP contribution in [0.1, 0.15) is 38.5 Å². The number of piperidine rings is 1. The maximum atomic E-state index is 11.9. The molecule has 2 unspecified atom stereocenters. The van der Waals surface area contributed by atoms with Crippen LogP contribution in [0.3, 0.4) is 0 Å². The Hall–Kier alpha value is -0.650. The number of carbonyl (C=O) groups is 1. The number of nitrogens with one attached hydrogen (secondary N) is 1.